The predicted octanol–water partition coefficient (Wildman–Crippen LogP) is 7.24. The minimum atomic E-state index is -0.289. The number of nitrogens with one attached hydrogen (secondary N) is 3. The largest absolute Gasteiger partial charge is 0.486 e. The van der Waals surface area contributed by atoms with E-state index in [0.29, 0.717) is 66.8 Å². The number of ether oxygens (including phenoxy) is 2. The Kier molecular flexibility index (Phi) is 11.6. The van der Waals surface area contributed by atoms with Crippen molar-refractivity contribution in [2.45, 2.75) is 59.9 Å². The molecule has 3 N–H and O–H groups in total. The standard InChI is InChI=1S/C38H49N5O5/c1-27-16-20-42(21-17-27)18-7-19-43(37(46)39-30-14-15-33-34(24-30)48-23-22-47-33)26-28-10-12-29(13-11-28)36(45)41-32-9-6-5-8-31(32)40-35(44)25-38(2,3)4/h5-6,8-15,24,27H,7,16-23,25-26H2,1-4H3,(H,39,46)(H,40,44)(H,41,45). The Morgan fingerprint density at radius 1 is 0.854 bits per heavy atom. The molecule has 4 amide bonds. The highest BCUT2D eigenvalue weighted by Gasteiger charge is 2.21. The summed E-state index contributed by atoms with van der Waals surface area (Å²) in [6.07, 6.45) is 3.65. The van der Waals surface area contributed by atoms with Crippen LogP contribution < -0.4 is 25.4 Å². The van der Waals surface area contributed by atoms with E-state index in [2.05, 4.69) is 27.8 Å². The lowest BCUT2D eigenvalue weighted by Gasteiger charge is -2.31. The highest BCUT2D eigenvalue weighted by atomic mass is 16.6. The van der Waals surface area contributed by atoms with Gasteiger partial charge in [0.2, 0.25) is 5.91 Å². The van der Waals surface area contributed by atoms with Gasteiger partial charge in [0.05, 0.1) is 11.4 Å². The summed E-state index contributed by atoms with van der Waals surface area (Å²) < 4.78 is 11.3. The third-order valence-corrected chi connectivity index (χ3v) is 8.59. The molecule has 0 aromatic heterocycles. The van der Waals surface area contributed by atoms with Crippen LogP contribution in [-0.4, -0.2) is 67.0 Å². The quantitative estimate of drug-likeness (QED) is 0.201. The maximum absolute atomic E-state index is 13.6. The van der Waals surface area contributed by atoms with E-state index in [-0.39, 0.29) is 23.3 Å². The number of carbonyl (C=O) groups excluding carboxylic acids is 3. The Bertz CT molecular complexity index is 1560. The number of likely N-dealkylation sites (tertiary alicyclic amines) is 1. The molecular weight excluding hydrogens is 606 g/mol. The summed E-state index contributed by atoms with van der Waals surface area (Å²) in [5, 5.41) is 8.89. The minimum absolute atomic E-state index is 0.110. The maximum Gasteiger partial charge on any atom is 0.322 e. The van der Waals surface area contributed by atoms with Crippen LogP contribution in [0.25, 0.3) is 0 Å². The molecule has 0 saturated carbocycles. The van der Waals surface area contributed by atoms with Crippen LogP contribution in [0.2, 0.25) is 0 Å². The summed E-state index contributed by atoms with van der Waals surface area (Å²) in [5.41, 5.74) is 2.94. The molecule has 1 saturated heterocycles. The first-order chi connectivity index (χ1) is 23.0. The number of carbonyl (C=O) groups is 3. The van der Waals surface area contributed by atoms with E-state index in [1.807, 2.05) is 62.1 Å². The molecule has 2 heterocycles. The molecule has 1 fully saturated rings. The Morgan fingerprint density at radius 3 is 2.21 bits per heavy atom. The van der Waals surface area contributed by atoms with Gasteiger partial charge in [0.25, 0.3) is 5.91 Å². The first-order valence-corrected chi connectivity index (χ1v) is 17.0. The number of anilines is 3. The summed E-state index contributed by atoms with van der Waals surface area (Å²) in [6.45, 7) is 13.4. The van der Waals surface area contributed by atoms with Crippen LogP contribution in [-0.2, 0) is 11.3 Å². The van der Waals surface area contributed by atoms with Crippen molar-refractivity contribution in [3.8, 4) is 11.5 Å². The van der Waals surface area contributed by atoms with Crippen LogP contribution in [0.1, 0.15) is 69.3 Å². The minimum Gasteiger partial charge on any atom is -0.486 e. The normalized spacial score (nSPS) is 15.0. The number of fused-ring (bicyclic) bond motifs is 1. The molecule has 10 heteroatoms. The van der Waals surface area contributed by atoms with Gasteiger partial charge in [-0.3, -0.25) is 9.59 Å². The Balaban J connectivity index is 1.23. The molecular formula is C38H49N5O5. The lowest BCUT2D eigenvalue weighted by atomic mass is 9.92. The zero-order chi connectivity index (χ0) is 34.1. The van der Waals surface area contributed by atoms with Crippen molar-refractivity contribution in [1.82, 2.24) is 9.80 Å². The lowest BCUT2D eigenvalue weighted by Crippen LogP contribution is -2.38. The monoisotopic (exact) mass is 655 g/mol. The highest BCUT2D eigenvalue weighted by Crippen LogP contribution is 2.33. The van der Waals surface area contributed by atoms with Gasteiger partial charge in [-0.25, -0.2) is 4.79 Å². The fraction of sp³-hybridized carbons (Fsp3) is 0.447. The molecule has 256 valence electrons. The molecule has 0 aliphatic carbocycles. The average molecular weight is 656 g/mol. The Hall–Kier alpha value is -4.57. The van der Waals surface area contributed by atoms with Gasteiger partial charge in [-0.1, -0.05) is 52.0 Å². The van der Waals surface area contributed by atoms with Crippen molar-refractivity contribution in [1.29, 1.82) is 0 Å². The van der Waals surface area contributed by atoms with Gasteiger partial charge in [0, 0.05) is 36.8 Å². The third-order valence-electron chi connectivity index (χ3n) is 8.59. The Morgan fingerprint density at radius 2 is 1.52 bits per heavy atom. The van der Waals surface area contributed by atoms with Crippen molar-refractivity contribution in [2.75, 3.05) is 55.3 Å². The number of amides is 4. The lowest BCUT2D eigenvalue weighted by molar-refractivity contribution is -0.117. The predicted molar refractivity (Wildman–Crippen MR) is 190 cm³/mol. The number of benzene rings is 3. The summed E-state index contributed by atoms with van der Waals surface area (Å²) in [5.74, 6) is 1.66. The molecule has 48 heavy (non-hydrogen) atoms. The summed E-state index contributed by atoms with van der Waals surface area (Å²) in [6, 6.07) is 19.7. The Labute approximate surface area is 284 Å². The zero-order valence-electron chi connectivity index (χ0n) is 28.6. The van der Waals surface area contributed by atoms with E-state index in [4.69, 9.17) is 9.47 Å². The molecule has 3 aromatic rings. The molecule has 0 spiro atoms. The summed E-state index contributed by atoms with van der Waals surface area (Å²) >= 11 is 0. The number of piperidine rings is 1. The van der Waals surface area contributed by atoms with E-state index in [0.717, 1.165) is 37.5 Å². The van der Waals surface area contributed by atoms with Gasteiger partial charge in [0.15, 0.2) is 11.5 Å². The SMILES string of the molecule is CC1CCN(CCCN(Cc2ccc(C(=O)Nc3ccccc3NC(=O)CC(C)(C)C)cc2)C(=O)Nc2ccc3c(c2)OCCO3)CC1. The maximum atomic E-state index is 13.6. The molecule has 0 radical (unpaired) electrons. The van der Waals surface area contributed by atoms with Crippen LogP contribution in [0, 0.1) is 11.3 Å². The van der Waals surface area contributed by atoms with Gasteiger partial charge in [0.1, 0.15) is 13.2 Å². The van der Waals surface area contributed by atoms with Crippen LogP contribution >= 0.6 is 0 Å². The van der Waals surface area contributed by atoms with E-state index in [1.54, 1.807) is 30.3 Å². The first-order valence-electron chi connectivity index (χ1n) is 17.0. The number of nitrogens with zero attached hydrogens (tertiary/aromatic N) is 2. The zero-order valence-corrected chi connectivity index (χ0v) is 28.6. The van der Waals surface area contributed by atoms with Gasteiger partial charge in [-0.2, -0.15) is 0 Å². The van der Waals surface area contributed by atoms with Crippen molar-refractivity contribution in [2.24, 2.45) is 11.3 Å². The first kappa shape index (κ1) is 34.8. The molecule has 3 aromatic carbocycles. The number of hydrogen-bond acceptors (Lipinski definition) is 6. The van der Waals surface area contributed by atoms with Crippen LogP contribution in [0.3, 0.4) is 0 Å². The average Bonchev–Trinajstić information content (AvgIpc) is 3.05. The molecule has 2 aliphatic heterocycles. The van der Waals surface area contributed by atoms with Crippen LogP contribution in [0.5, 0.6) is 11.5 Å². The molecule has 2 aliphatic rings. The number of para-hydroxylation sites is 2. The highest BCUT2D eigenvalue weighted by molar-refractivity contribution is 6.07. The van der Waals surface area contributed by atoms with E-state index >= 15 is 0 Å². The second-order valence-electron chi connectivity index (χ2n) is 14.1. The molecule has 5 rings (SSSR count). The van der Waals surface area contributed by atoms with Gasteiger partial charge < -0.3 is 35.2 Å². The fourth-order valence-electron chi connectivity index (χ4n) is 5.90. The van der Waals surface area contributed by atoms with Gasteiger partial charge >= 0.3 is 6.03 Å². The number of rotatable bonds is 11. The topological polar surface area (TPSA) is 112 Å². The van der Waals surface area contributed by atoms with Gasteiger partial charge in [-0.15, -0.1) is 0 Å². The van der Waals surface area contributed by atoms with Crippen molar-refractivity contribution >= 4 is 34.9 Å². The summed E-state index contributed by atoms with van der Waals surface area (Å²) in [7, 11) is 0. The summed E-state index contributed by atoms with van der Waals surface area (Å²) in [4.78, 5) is 43.7. The number of urea groups is 1. The van der Waals surface area contributed by atoms with Gasteiger partial charge in [-0.05, 0) is 92.2 Å². The van der Waals surface area contributed by atoms with Crippen LogP contribution in [0.15, 0.2) is 66.7 Å². The van der Waals surface area contributed by atoms with Crippen molar-refractivity contribution in [3.05, 3.63) is 77.9 Å². The van der Waals surface area contributed by atoms with Crippen molar-refractivity contribution < 1.29 is 23.9 Å². The van der Waals surface area contributed by atoms with Crippen LogP contribution in [0.4, 0.5) is 21.9 Å². The fourth-order valence-corrected chi connectivity index (χ4v) is 5.90. The third kappa shape index (κ3) is 10.2. The smallest absolute Gasteiger partial charge is 0.322 e. The molecule has 0 bridgehead atoms. The molecule has 0 atom stereocenters. The van der Waals surface area contributed by atoms with E-state index < -0.39 is 0 Å². The van der Waals surface area contributed by atoms with E-state index in [9.17, 15) is 14.4 Å². The van der Waals surface area contributed by atoms with E-state index in [1.165, 1.54) is 12.8 Å². The number of hydrogen-bond donors (Lipinski definition) is 3. The second-order valence-corrected chi connectivity index (χ2v) is 14.1. The molecule has 10 nitrogen and oxygen atoms in total. The molecule has 0 unspecified atom stereocenters. The van der Waals surface area contributed by atoms with Crippen molar-refractivity contribution in [3.63, 3.8) is 0 Å². The second kappa shape index (κ2) is 16.0.